The lowest BCUT2D eigenvalue weighted by molar-refractivity contribution is -0.143. The fourth-order valence-corrected chi connectivity index (χ4v) is 8.80. The van der Waals surface area contributed by atoms with E-state index in [1.807, 2.05) is 46.2 Å². The van der Waals surface area contributed by atoms with Crippen molar-refractivity contribution >= 4 is 51.9 Å². The molecule has 7 nitrogen and oxygen atoms in total. The second-order valence-electron chi connectivity index (χ2n) is 12.7. The van der Waals surface area contributed by atoms with Gasteiger partial charge in [-0.15, -0.1) is 0 Å². The van der Waals surface area contributed by atoms with Crippen LogP contribution in [0.15, 0.2) is 64.1 Å². The zero-order chi connectivity index (χ0) is 31.2. The molecule has 6 rings (SSSR count). The number of carbonyl (C=O) groups is 2. The minimum atomic E-state index is -0.623. The molecular formula is C34H41Cl2N5O2S. The van der Waals surface area contributed by atoms with Gasteiger partial charge in [-0.25, -0.2) is 4.99 Å². The molecule has 0 spiro atoms. The Morgan fingerprint density at radius 1 is 0.977 bits per heavy atom. The number of hydrogen-bond donors (Lipinski definition) is 0. The van der Waals surface area contributed by atoms with E-state index in [9.17, 15) is 9.59 Å². The molecule has 2 aromatic carbocycles. The molecule has 0 aromatic heterocycles. The van der Waals surface area contributed by atoms with Crippen LogP contribution in [0.2, 0.25) is 10.0 Å². The molecule has 0 bridgehead atoms. The number of rotatable bonds is 7. The van der Waals surface area contributed by atoms with Crippen molar-refractivity contribution in [1.82, 2.24) is 19.6 Å². The summed E-state index contributed by atoms with van der Waals surface area (Å²) in [4.78, 5) is 42.7. The molecule has 0 N–H and O–H groups in total. The summed E-state index contributed by atoms with van der Waals surface area (Å²) in [6.07, 6.45) is 2.66. The number of carbonyl (C=O) groups excluding carboxylic acids is 2. The number of nitrogens with zero attached hydrogens (tertiary/aromatic N) is 5. The third kappa shape index (κ3) is 5.68. The van der Waals surface area contributed by atoms with Gasteiger partial charge in [0.05, 0.1) is 6.04 Å². The number of halogens is 2. The average molecular weight is 655 g/mol. The average Bonchev–Trinajstić information content (AvgIpc) is 3.71. The van der Waals surface area contributed by atoms with E-state index in [0.29, 0.717) is 27.9 Å². The maximum absolute atomic E-state index is 14.4. The van der Waals surface area contributed by atoms with Crippen LogP contribution in [0.1, 0.15) is 64.1 Å². The Balaban J connectivity index is 1.32. The van der Waals surface area contributed by atoms with E-state index >= 15 is 0 Å². The molecule has 0 saturated carbocycles. The third-order valence-electron chi connectivity index (χ3n) is 9.39. The Bertz CT molecular complexity index is 1470. The topological polar surface area (TPSA) is 59.5 Å². The van der Waals surface area contributed by atoms with Crippen LogP contribution in [0.5, 0.6) is 0 Å². The van der Waals surface area contributed by atoms with Gasteiger partial charge in [-0.05, 0) is 85.8 Å². The number of piperazine rings is 1. The standard InChI is InChI=1S/C34H41Cl2N5O2S/c1-5-16-38-18-20-39(21-19-38)31(42)27-7-6-17-40(27)32(43)29-28(22(2)3)41-30(23-8-12-25(35)13-9-23)34(4,37-33(41)44-29)24-10-14-26(36)15-11-24/h8-15,22,27,30H,5-7,16-21H2,1-4H3/t27?,30-,34+/m1/s1. The molecule has 2 saturated heterocycles. The van der Waals surface area contributed by atoms with Gasteiger partial charge in [0.15, 0.2) is 5.17 Å². The Labute approximate surface area is 275 Å². The molecule has 4 aliphatic rings. The molecule has 2 fully saturated rings. The molecule has 4 heterocycles. The summed E-state index contributed by atoms with van der Waals surface area (Å²) in [6.45, 7) is 13.5. The van der Waals surface area contributed by atoms with Crippen LogP contribution in [-0.2, 0) is 15.1 Å². The maximum Gasteiger partial charge on any atom is 0.263 e. The smallest absolute Gasteiger partial charge is 0.263 e. The van der Waals surface area contributed by atoms with Gasteiger partial charge in [0.1, 0.15) is 16.5 Å². The van der Waals surface area contributed by atoms with Crippen molar-refractivity contribution in [3.8, 4) is 0 Å². The Morgan fingerprint density at radius 3 is 2.23 bits per heavy atom. The van der Waals surface area contributed by atoms with Gasteiger partial charge in [0.25, 0.3) is 5.91 Å². The quantitative estimate of drug-likeness (QED) is 0.330. The molecule has 0 aliphatic carbocycles. The van der Waals surface area contributed by atoms with E-state index in [1.54, 1.807) is 0 Å². The fourth-order valence-electron chi connectivity index (χ4n) is 7.18. The third-order valence-corrected chi connectivity index (χ3v) is 11.0. The number of aliphatic imine (C=N–C) groups is 1. The number of fused-ring (bicyclic) bond motifs is 1. The number of hydrogen-bond acceptors (Lipinski definition) is 6. The highest BCUT2D eigenvalue weighted by molar-refractivity contribution is 8.18. The van der Waals surface area contributed by atoms with Crippen molar-refractivity contribution in [2.45, 2.75) is 64.6 Å². The summed E-state index contributed by atoms with van der Waals surface area (Å²) < 4.78 is 0. The van der Waals surface area contributed by atoms with Gasteiger partial charge in [-0.2, -0.15) is 0 Å². The fraction of sp³-hybridized carbons (Fsp3) is 0.500. The number of thioether (sulfide) groups is 1. The number of benzene rings is 2. The van der Waals surface area contributed by atoms with E-state index in [2.05, 4.69) is 49.6 Å². The van der Waals surface area contributed by atoms with Crippen molar-refractivity contribution in [2.24, 2.45) is 10.9 Å². The van der Waals surface area contributed by atoms with Crippen LogP contribution in [0.3, 0.4) is 0 Å². The van der Waals surface area contributed by atoms with Crippen molar-refractivity contribution < 1.29 is 9.59 Å². The molecule has 2 amide bonds. The van der Waals surface area contributed by atoms with Crippen LogP contribution in [0.4, 0.5) is 0 Å². The summed E-state index contributed by atoms with van der Waals surface area (Å²) in [6, 6.07) is 15.2. The highest BCUT2D eigenvalue weighted by Crippen LogP contribution is 2.56. The molecule has 3 atom stereocenters. The van der Waals surface area contributed by atoms with E-state index in [0.717, 1.165) is 67.6 Å². The van der Waals surface area contributed by atoms with Gasteiger partial charge in [0, 0.05) is 48.5 Å². The highest BCUT2D eigenvalue weighted by Gasteiger charge is 2.54. The van der Waals surface area contributed by atoms with Crippen molar-refractivity contribution in [3.63, 3.8) is 0 Å². The largest absolute Gasteiger partial charge is 0.338 e. The van der Waals surface area contributed by atoms with Crippen LogP contribution in [0, 0.1) is 5.92 Å². The summed E-state index contributed by atoms with van der Waals surface area (Å²) in [5.41, 5.74) is 2.45. The molecule has 2 aromatic rings. The molecule has 44 heavy (non-hydrogen) atoms. The molecule has 1 unspecified atom stereocenters. The lowest BCUT2D eigenvalue weighted by Crippen LogP contribution is -2.54. The molecular weight excluding hydrogens is 613 g/mol. The van der Waals surface area contributed by atoms with Gasteiger partial charge < -0.3 is 14.7 Å². The zero-order valence-electron chi connectivity index (χ0n) is 25.9. The minimum absolute atomic E-state index is 0.0555. The van der Waals surface area contributed by atoms with Crippen molar-refractivity contribution in [1.29, 1.82) is 0 Å². The van der Waals surface area contributed by atoms with E-state index in [4.69, 9.17) is 28.2 Å². The summed E-state index contributed by atoms with van der Waals surface area (Å²) in [5.74, 6) is 0.0909. The summed E-state index contributed by atoms with van der Waals surface area (Å²) in [7, 11) is 0. The summed E-state index contributed by atoms with van der Waals surface area (Å²) >= 11 is 14.0. The van der Waals surface area contributed by atoms with Crippen molar-refractivity contribution in [2.75, 3.05) is 39.3 Å². The van der Waals surface area contributed by atoms with E-state index < -0.39 is 11.6 Å². The van der Waals surface area contributed by atoms with Gasteiger partial charge in [-0.1, -0.05) is 68.2 Å². The predicted octanol–water partition coefficient (Wildman–Crippen LogP) is 6.78. The Hall–Kier alpha value is -2.52. The zero-order valence-corrected chi connectivity index (χ0v) is 28.3. The van der Waals surface area contributed by atoms with Crippen LogP contribution >= 0.6 is 35.0 Å². The van der Waals surface area contributed by atoms with E-state index in [1.165, 1.54) is 11.8 Å². The maximum atomic E-state index is 14.4. The molecule has 0 radical (unpaired) electrons. The Kier molecular flexibility index (Phi) is 9.08. The SMILES string of the molecule is CCCN1CCN(C(=O)C2CCCN2C(=O)C2=C(C(C)C)N3C(=N[C@@](C)(c4ccc(Cl)cc4)[C@H]3c3ccc(Cl)cc3)S2)CC1. The number of allylic oxidation sites excluding steroid dienone is 1. The monoisotopic (exact) mass is 653 g/mol. The van der Waals surface area contributed by atoms with Crippen LogP contribution < -0.4 is 0 Å². The predicted molar refractivity (Wildman–Crippen MR) is 180 cm³/mol. The lowest BCUT2D eigenvalue weighted by atomic mass is 9.81. The summed E-state index contributed by atoms with van der Waals surface area (Å²) in [5, 5.41) is 2.15. The van der Waals surface area contributed by atoms with Crippen molar-refractivity contribution in [3.05, 3.63) is 80.3 Å². The molecule has 10 heteroatoms. The second kappa shape index (κ2) is 12.7. The lowest BCUT2D eigenvalue weighted by Gasteiger charge is -2.38. The number of amides is 2. The second-order valence-corrected chi connectivity index (χ2v) is 14.5. The number of likely N-dealkylation sites (tertiary alicyclic amines) is 1. The Morgan fingerprint density at radius 2 is 1.61 bits per heavy atom. The first-order chi connectivity index (χ1) is 21.1. The first-order valence-electron chi connectivity index (χ1n) is 15.8. The van der Waals surface area contributed by atoms with E-state index in [-0.39, 0.29) is 23.8 Å². The first-order valence-corrected chi connectivity index (χ1v) is 17.3. The van der Waals surface area contributed by atoms with Gasteiger partial charge in [-0.3, -0.25) is 14.5 Å². The molecule has 234 valence electrons. The van der Waals surface area contributed by atoms with Crippen LogP contribution in [-0.4, -0.2) is 81.9 Å². The minimum Gasteiger partial charge on any atom is -0.338 e. The van der Waals surface area contributed by atoms with Gasteiger partial charge >= 0.3 is 0 Å². The number of amidine groups is 1. The highest BCUT2D eigenvalue weighted by atomic mass is 35.5. The van der Waals surface area contributed by atoms with Gasteiger partial charge in [0.2, 0.25) is 5.91 Å². The molecule has 4 aliphatic heterocycles. The first kappa shape index (κ1) is 31.5. The van der Waals surface area contributed by atoms with Crippen LogP contribution in [0.25, 0.3) is 0 Å². The normalized spacial score (nSPS) is 25.7.